The van der Waals surface area contributed by atoms with Crippen molar-refractivity contribution in [3.8, 4) is 5.88 Å². The van der Waals surface area contributed by atoms with Gasteiger partial charge in [0.25, 0.3) is 0 Å². The van der Waals surface area contributed by atoms with E-state index in [0.29, 0.717) is 19.0 Å². The molecular formula is C26H31N5O3S. The molecule has 2 aromatic carbocycles. The summed E-state index contributed by atoms with van der Waals surface area (Å²) >= 11 is 5.38. The average molecular weight is 494 g/mol. The molecule has 9 heteroatoms. The van der Waals surface area contributed by atoms with E-state index >= 15 is 0 Å². The number of likely N-dealkylation sites (tertiary alicyclic amines) is 1. The molecule has 1 aliphatic heterocycles. The standard InChI is InChI=1S/C26H31N5O3S/c1-4-34-25(33)19-11-13-30(14-12-19)16-31-22-8-6-5-7-20(22)23(24(31)32)28-29-26(35)27-21-10-9-17(2)15-18(21)3/h5-10,15,19,32H,4,11-14,16H2,1-3H3,(H,27,35). The van der Waals surface area contributed by atoms with E-state index in [1.54, 1.807) is 0 Å². The number of aromatic hydroxyl groups is 1. The van der Waals surface area contributed by atoms with Crippen molar-refractivity contribution in [1.82, 2.24) is 9.47 Å². The monoisotopic (exact) mass is 493 g/mol. The highest BCUT2D eigenvalue weighted by Gasteiger charge is 2.27. The number of nitrogens with one attached hydrogen (secondary N) is 1. The molecule has 4 rings (SSSR count). The number of ether oxygens (including phenoxy) is 1. The molecule has 0 aliphatic carbocycles. The highest BCUT2D eigenvalue weighted by Crippen LogP contribution is 2.39. The van der Waals surface area contributed by atoms with E-state index in [4.69, 9.17) is 17.0 Å². The minimum atomic E-state index is -0.116. The van der Waals surface area contributed by atoms with Crippen LogP contribution >= 0.6 is 12.2 Å². The molecular weight excluding hydrogens is 462 g/mol. The van der Waals surface area contributed by atoms with Gasteiger partial charge in [-0.2, -0.15) is 0 Å². The van der Waals surface area contributed by atoms with Crippen LogP contribution in [0.2, 0.25) is 0 Å². The molecule has 2 N–H and O–H groups in total. The maximum absolute atomic E-state index is 12.0. The third-order valence-electron chi connectivity index (χ3n) is 6.33. The van der Waals surface area contributed by atoms with Crippen molar-refractivity contribution in [2.75, 3.05) is 25.0 Å². The van der Waals surface area contributed by atoms with Crippen molar-refractivity contribution in [2.24, 2.45) is 16.1 Å². The molecule has 0 bridgehead atoms. The van der Waals surface area contributed by atoms with Gasteiger partial charge in [-0.3, -0.25) is 14.3 Å². The first-order valence-electron chi connectivity index (χ1n) is 11.9. The SMILES string of the molecule is CCOC(=O)C1CCN(Cn2c(O)c(N=NC(=S)Nc3ccc(C)cc3C)c3ccccc32)CC1. The molecule has 184 valence electrons. The summed E-state index contributed by atoms with van der Waals surface area (Å²) in [7, 11) is 0. The van der Waals surface area contributed by atoms with Gasteiger partial charge >= 0.3 is 5.97 Å². The maximum atomic E-state index is 12.0. The van der Waals surface area contributed by atoms with E-state index in [0.717, 1.165) is 48.1 Å². The Bertz CT molecular complexity index is 1260. The number of thiocarbonyl (C=S) groups is 1. The van der Waals surface area contributed by atoms with Crippen LogP contribution in [0.1, 0.15) is 30.9 Å². The molecule has 1 fully saturated rings. The van der Waals surface area contributed by atoms with Crippen molar-refractivity contribution < 1.29 is 14.6 Å². The van der Waals surface area contributed by atoms with Crippen LogP contribution in [0.5, 0.6) is 5.88 Å². The molecule has 0 amide bonds. The number of benzene rings is 2. The molecule has 0 radical (unpaired) electrons. The Morgan fingerprint density at radius 3 is 2.66 bits per heavy atom. The summed E-state index contributed by atoms with van der Waals surface area (Å²) in [6.07, 6.45) is 1.48. The van der Waals surface area contributed by atoms with Gasteiger partial charge in [-0.05, 0) is 63.5 Å². The molecule has 0 unspecified atom stereocenters. The predicted octanol–water partition coefficient (Wildman–Crippen LogP) is 5.68. The number of hydrogen-bond acceptors (Lipinski definition) is 6. The zero-order valence-corrected chi connectivity index (χ0v) is 21.1. The summed E-state index contributed by atoms with van der Waals surface area (Å²) in [5.74, 6) is -0.137. The van der Waals surface area contributed by atoms with Crippen molar-refractivity contribution in [3.05, 3.63) is 53.6 Å². The Hall–Kier alpha value is -3.30. The molecule has 0 saturated carbocycles. The van der Waals surface area contributed by atoms with Gasteiger partial charge in [0, 0.05) is 24.2 Å². The maximum Gasteiger partial charge on any atom is 0.309 e. The third-order valence-corrected chi connectivity index (χ3v) is 6.51. The second-order valence-corrected chi connectivity index (χ2v) is 9.24. The largest absolute Gasteiger partial charge is 0.493 e. The number of azo groups is 1. The summed E-state index contributed by atoms with van der Waals surface area (Å²) < 4.78 is 7.00. The minimum Gasteiger partial charge on any atom is -0.493 e. The number of esters is 1. The third kappa shape index (κ3) is 5.68. The zero-order valence-electron chi connectivity index (χ0n) is 20.3. The average Bonchev–Trinajstić information content (AvgIpc) is 3.11. The summed E-state index contributed by atoms with van der Waals surface area (Å²) in [6.45, 7) is 8.26. The number of rotatable bonds is 6. The fourth-order valence-corrected chi connectivity index (χ4v) is 4.62. The molecule has 1 aliphatic rings. The molecule has 0 atom stereocenters. The summed E-state index contributed by atoms with van der Waals surface area (Å²) in [5.41, 5.74) is 4.35. The number of anilines is 1. The minimum absolute atomic E-state index is 0.0387. The Morgan fingerprint density at radius 1 is 1.20 bits per heavy atom. The van der Waals surface area contributed by atoms with Crippen LogP contribution in [0.3, 0.4) is 0 Å². The number of carbonyl (C=O) groups excluding carboxylic acids is 1. The quantitative estimate of drug-likeness (QED) is 0.261. The zero-order chi connectivity index (χ0) is 24.9. The van der Waals surface area contributed by atoms with E-state index in [-0.39, 0.29) is 22.9 Å². The van der Waals surface area contributed by atoms with E-state index in [1.807, 2.05) is 61.7 Å². The lowest BCUT2D eigenvalue weighted by Gasteiger charge is -2.31. The Morgan fingerprint density at radius 2 is 1.94 bits per heavy atom. The molecule has 0 spiro atoms. The number of fused-ring (bicyclic) bond motifs is 1. The fraction of sp³-hybridized carbons (Fsp3) is 0.385. The van der Waals surface area contributed by atoms with Crippen LogP contribution in [0, 0.1) is 19.8 Å². The topological polar surface area (TPSA) is 91.5 Å². The van der Waals surface area contributed by atoms with Gasteiger partial charge in [-0.1, -0.05) is 35.9 Å². The number of aryl methyl sites for hydroxylation is 2. The lowest BCUT2D eigenvalue weighted by molar-refractivity contribution is -0.149. The number of aromatic nitrogens is 1. The number of hydrogen-bond donors (Lipinski definition) is 2. The van der Waals surface area contributed by atoms with Crippen molar-refractivity contribution in [3.63, 3.8) is 0 Å². The Balaban J connectivity index is 1.50. The molecule has 1 saturated heterocycles. The summed E-state index contributed by atoms with van der Waals surface area (Å²) in [6, 6.07) is 13.7. The lowest BCUT2D eigenvalue weighted by atomic mass is 9.97. The first-order valence-corrected chi connectivity index (χ1v) is 12.3. The smallest absolute Gasteiger partial charge is 0.309 e. The van der Waals surface area contributed by atoms with Crippen LogP contribution in [0.4, 0.5) is 11.4 Å². The van der Waals surface area contributed by atoms with Gasteiger partial charge in [0.2, 0.25) is 11.0 Å². The van der Waals surface area contributed by atoms with Gasteiger partial charge in [-0.15, -0.1) is 10.2 Å². The Kier molecular flexibility index (Phi) is 7.77. The van der Waals surface area contributed by atoms with Crippen LogP contribution < -0.4 is 5.32 Å². The van der Waals surface area contributed by atoms with Gasteiger partial charge in [-0.25, -0.2) is 0 Å². The van der Waals surface area contributed by atoms with Crippen molar-refractivity contribution in [1.29, 1.82) is 0 Å². The number of piperidine rings is 1. The number of carbonyl (C=O) groups is 1. The van der Waals surface area contributed by atoms with E-state index < -0.39 is 0 Å². The van der Waals surface area contributed by atoms with E-state index in [9.17, 15) is 9.90 Å². The molecule has 3 aromatic rings. The van der Waals surface area contributed by atoms with Crippen LogP contribution in [-0.4, -0.2) is 45.4 Å². The fourth-order valence-electron chi connectivity index (χ4n) is 4.47. The number of nitrogens with zero attached hydrogens (tertiary/aromatic N) is 4. The normalized spacial score (nSPS) is 15.1. The molecule has 1 aromatic heterocycles. The first kappa shape index (κ1) is 24.8. The predicted molar refractivity (Wildman–Crippen MR) is 141 cm³/mol. The van der Waals surface area contributed by atoms with Crippen molar-refractivity contribution in [2.45, 2.75) is 40.3 Å². The number of para-hydroxylation sites is 1. The van der Waals surface area contributed by atoms with Gasteiger partial charge in [0.05, 0.1) is 24.7 Å². The lowest BCUT2D eigenvalue weighted by Crippen LogP contribution is -2.37. The van der Waals surface area contributed by atoms with Crippen LogP contribution in [0.25, 0.3) is 10.9 Å². The molecule has 2 heterocycles. The second kappa shape index (κ2) is 11.0. The van der Waals surface area contributed by atoms with Gasteiger partial charge in [0.1, 0.15) is 0 Å². The van der Waals surface area contributed by atoms with Crippen LogP contribution in [-0.2, 0) is 16.2 Å². The van der Waals surface area contributed by atoms with Crippen molar-refractivity contribution >= 4 is 45.6 Å². The van der Waals surface area contributed by atoms with Crippen LogP contribution in [0.15, 0.2) is 52.7 Å². The highest BCUT2D eigenvalue weighted by atomic mass is 32.1. The van der Waals surface area contributed by atoms with E-state index in [1.165, 1.54) is 5.56 Å². The van der Waals surface area contributed by atoms with E-state index in [2.05, 4.69) is 26.5 Å². The Labute approximate surface area is 210 Å². The molecule has 35 heavy (non-hydrogen) atoms. The second-order valence-electron chi connectivity index (χ2n) is 8.85. The first-order chi connectivity index (χ1) is 16.9. The highest BCUT2D eigenvalue weighted by molar-refractivity contribution is 7.80. The summed E-state index contributed by atoms with van der Waals surface area (Å²) in [4.78, 5) is 14.3. The van der Waals surface area contributed by atoms with Gasteiger partial charge in [0.15, 0.2) is 5.69 Å². The summed E-state index contributed by atoms with van der Waals surface area (Å²) in [5, 5.41) is 23.7. The van der Waals surface area contributed by atoms with Gasteiger partial charge < -0.3 is 15.2 Å². The molecule has 8 nitrogen and oxygen atoms in total.